The van der Waals surface area contributed by atoms with E-state index in [0.717, 1.165) is 32.1 Å². The molecule has 0 spiro atoms. The average Bonchev–Trinajstić information content (AvgIpc) is 2.77. The second kappa shape index (κ2) is 5.04. The first-order valence-corrected chi connectivity index (χ1v) is 6.37. The summed E-state index contributed by atoms with van der Waals surface area (Å²) in [6.07, 6.45) is 5.88. The van der Waals surface area contributed by atoms with E-state index in [-0.39, 0.29) is 18.4 Å². The fourth-order valence-corrected chi connectivity index (χ4v) is 2.71. The van der Waals surface area contributed by atoms with Gasteiger partial charge in [0.25, 0.3) is 0 Å². The maximum atomic E-state index is 12.0. The first-order chi connectivity index (χ1) is 8.15. The molecular weight excluding hydrogens is 220 g/mol. The van der Waals surface area contributed by atoms with Crippen LogP contribution in [0.1, 0.15) is 44.9 Å². The number of amides is 2. The van der Waals surface area contributed by atoms with Crippen molar-refractivity contribution in [3.8, 4) is 0 Å². The number of aliphatic hydroxyl groups is 1. The zero-order valence-electron chi connectivity index (χ0n) is 10.00. The molecular formula is C12H20N2O3. The van der Waals surface area contributed by atoms with Crippen molar-refractivity contribution in [1.29, 1.82) is 0 Å². The maximum absolute atomic E-state index is 12.0. The molecule has 2 aliphatic rings. The van der Waals surface area contributed by atoms with E-state index >= 15 is 0 Å². The smallest absolute Gasteiger partial charge is 0.243 e. The van der Waals surface area contributed by atoms with Gasteiger partial charge in [-0.3, -0.25) is 9.59 Å². The summed E-state index contributed by atoms with van der Waals surface area (Å²) in [7, 11) is 0. The minimum atomic E-state index is -0.456. The van der Waals surface area contributed by atoms with Crippen molar-refractivity contribution in [2.75, 3.05) is 6.61 Å². The summed E-state index contributed by atoms with van der Waals surface area (Å²) in [4.78, 5) is 23.0. The van der Waals surface area contributed by atoms with E-state index in [1.54, 1.807) is 0 Å². The number of aliphatic hydroxyl groups excluding tert-OH is 1. The van der Waals surface area contributed by atoms with Gasteiger partial charge in [0.15, 0.2) is 0 Å². The van der Waals surface area contributed by atoms with E-state index in [2.05, 4.69) is 10.6 Å². The molecule has 0 aromatic heterocycles. The van der Waals surface area contributed by atoms with Crippen LogP contribution in [0.4, 0.5) is 0 Å². The van der Waals surface area contributed by atoms with Gasteiger partial charge in [0.2, 0.25) is 11.8 Å². The second-order valence-corrected chi connectivity index (χ2v) is 5.15. The van der Waals surface area contributed by atoms with Gasteiger partial charge in [0.05, 0.1) is 12.1 Å². The van der Waals surface area contributed by atoms with Crippen LogP contribution in [0.5, 0.6) is 0 Å². The van der Waals surface area contributed by atoms with E-state index in [1.165, 1.54) is 0 Å². The first kappa shape index (κ1) is 12.4. The minimum Gasteiger partial charge on any atom is -0.394 e. The number of nitrogens with one attached hydrogen (secondary N) is 2. The SMILES string of the molecule is O=C1CC[C@H](C(=O)NC2(CO)CCCCC2)N1. The van der Waals surface area contributed by atoms with Crippen molar-refractivity contribution in [2.45, 2.75) is 56.5 Å². The van der Waals surface area contributed by atoms with Gasteiger partial charge < -0.3 is 15.7 Å². The Morgan fingerprint density at radius 1 is 1.41 bits per heavy atom. The Hall–Kier alpha value is -1.10. The van der Waals surface area contributed by atoms with E-state index in [0.29, 0.717) is 12.8 Å². The van der Waals surface area contributed by atoms with Gasteiger partial charge in [0.1, 0.15) is 6.04 Å². The monoisotopic (exact) mass is 240 g/mol. The second-order valence-electron chi connectivity index (χ2n) is 5.15. The molecule has 1 saturated carbocycles. The van der Waals surface area contributed by atoms with Crippen molar-refractivity contribution in [2.24, 2.45) is 0 Å². The lowest BCUT2D eigenvalue weighted by Gasteiger charge is -2.37. The van der Waals surface area contributed by atoms with Crippen LogP contribution in [0, 0.1) is 0 Å². The van der Waals surface area contributed by atoms with Crippen LogP contribution in [-0.2, 0) is 9.59 Å². The Balaban J connectivity index is 1.93. The van der Waals surface area contributed by atoms with Crippen LogP contribution < -0.4 is 10.6 Å². The van der Waals surface area contributed by atoms with Crippen LogP contribution in [-0.4, -0.2) is 35.1 Å². The molecule has 1 heterocycles. The van der Waals surface area contributed by atoms with Crippen molar-refractivity contribution in [3.05, 3.63) is 0 Å². The lowest BCUT2D eigenvalue weighted by atomic mass is 9.82. The van der Waals surface area contributed by atoms with E-state index < -0.39 is 11.6 Å². The molecule has 96 valence electrons. The molecule has 0 bridgehead atoms. The zero-order chi connectivity index (χ0) is 12.3. The quantitative estimate of drug-likeness (QED) is 0.653. The summed E-state index contributed by atoms with van der Waals surface area (Å²) >= 11 is 0. The molecule has 2 amide bonds. The predicted octanol–water partition coefficient (Wildman–Crippen LogP) is 0.0764. The summed E-state index contributed by atoms with van der Waals surface area (Å²) in [5.41, 5.74) is -0.456. The minimum absolute atomic E-state index is 0.0145. The van der Waals surface area contributed by atoms with E-state index in [4.69, 9.17) is 0 Å². The largest absolute Gasteiger partial charge is 0.394 e. The molecule has 0 radical (unpaired) electrons. The zero-order valence-corrected chi connectivity index (χ0v) is 10.00. The highest BCUT2D eigenvalue weighted by Gasteiger charge is 2.36. The third-order valence-electron chi connectivity index (χ3n) is 3.81. The average molecular weight is 240 g/mol. The summed E-state index contributed by atoms with van der Waals surface area (Å²) < 4.78 is 0. The van der Waals surface area contributed by atoms with Gasteiger partial charge in [-0.05, 0) is 19.3 Å². The molecule has 1 aliphatic heterocycles. The number of hydrogen-bond donors (Lipinski definition) is 3. The summed E-state index contributed by atoms with van der Waals surface area (Å²) in [6, 6.07) is -0.409. The lowest BCUT2D eigenvalue weighted by Crippen LogP contribution is -2.56. The maximum Gasteiger partial charge on any atom is 0.243 e. The Labute approximate surface area is 101 Å². The Kier molecular flexibility index (Phi) is 3.66. The first-order valence-electron chi connectivity index (χ1n) is 6.37. The van der Waals surface area contributed by atoms with E-state index in [1.807, 2.05) is 0 Å². The Morgan fingerprint density at radius 3 is 2.65 bits per heavy atom. The van der Waals surface area contributed by atoms with Crippen LogP contribution >= 0.6 is 0 Å². The van der Waals surface area contributed by atoms with Gasteiger partial charge >= 0.3 is 0 Å². The number of carbonyl (C=O) groups is 2. The normalized spacial score (nSPS) is 27.6. The fourth-order valence-electron chi connectivity index (χ4n) is 2.71. The van der Waals surface area contributed by atoms with Crippen LogP contribution in [0.15, 0.2) is 0 Å². The lowest BCUT2D eigenvalue weighted by molar-refractivity contribution is -0.128. The Morgan fingerprint density at radius 2 is 2.12 bits per heavy atom. The fraction of sp³-hybridized carbons (Fsp3) is 0.833. The third kappa shape index (κ3) is 2.77. The molecule has 1 aliphatic carbocycles. The van der Waals surface area contributed by atoms with Gasteiger partial charge in [-0.2, -0.15) is 0 Å². The highest BCUT2D eigenvalue weighted by atomic mass is 16.3. The van der Waals surface area contributed by atoms with Gasteiger partial charge in [-0.15, -0.1) is 0 Å². The third-order valence-corrected chi connectivity index (χ3v) is 3.81. The predicted molar refractivity (Wildman–Crippen MR) is 62.2 cm³/mol. The number of hydrogen-bond acceptors (Lipinski definition) is 3. The summed E-state index contributed by atoms with van der Waals surface area (Å²) in [5.74, 6) is -0.210. The summed E-state index contributed by atoms with van der Waals surface area (Å²) in [5, 5.41) is 15.1. The molecule has 2 rings (SSSR count). The van der Waals surface area contributed by atoms with Gasteiger partial charge in [-0.1, -0.05) is 19.3 Å². The number of rotatable bonds is 3. The van der Waals surface area contributed by atoms with Crippen molar-refractivity contribution in [1.82, 2.24) is 10.6 Å². The van der Waals surface area contributed by atoms with E-state index in [9.17, 15) is 14.7 Å². The highest BCUT2D eigenvalue weighted by molar-refractivity contribution is 5.91. The standard InChI is InChI=1S/C12H20N2O3/c15-8-12(6-2-1-3-7-12)14-11(17)9-4-5-10(16)13-9/h9,15H,1-8H2,(H,13,16)(H,14,17)/t9-/m1/s1. The highest BCUT2D eigenvalue weighted by Crippen LogP contribution is 2.28. The van der Waals surface area contributed by atoms with Crippen molar-refractivity contribution in [3.63, 3.8) is 0 Å². The van der Waals surface area contributed by atoms with Crippen LogP contribution in [0.25, 0.3) is 0 Å². The molecule has 3 N–H and O–H groups in total. The van der Waals surface area contributed by atoms with Gasteiger partial charge in [-0.25, -0.2) is 0 Å². The van der Waals surface area contributed by atoms with Crippen LogP contribution in [0.2, 0.25) is 0 Å². The van der Waals surface area contributed by atoms with Crippen molar-refractivity contribution < 1.29 is 14.7 Å². The number of carbonyl (C=O) groups excluding carboxylic acids is 2. The molecule has 17 heavy (non-hydrogen) atoms. The molecule has 1 atom stereocenters. The molecule has 1 saturated heterocycles. The molecule has 0 aromatic carbocycles. The summed E-state index contributed by atoms with van der Waals surface area (Å²) in [6.45, 7) is -0.0145. The Bertz CT molecular complexity index is 311. The molecule has 0 aromatic rings. The van der Waals surface area contributed by atoms with Crippen molar-refractivity contribution >= 4 is 11.8 Å². The topological polar surface area (TPSA) is 78.4 Å². The molecule has 5 heteroatoms. The molecule has 2 fully saturated rings. The van der Waals surface area contributed by atoms with Gasteiger partial charge in [0, 0.05) is 6.42 Å². The van der Waals surface area contributed by atoms with Crippen LogP contribution in [0.3, 0.4) is 0 Å². The molecule has 0 unspecified atom stereocenters. The molecule has 5 nitrogen and oxygen atoms in total.